The van der Waals surface area contributed by atoms with E-state index in [9.17, 15) is 22.4 Å². The van der Waals surface area contributed by atoms with Crippen molar-refractivity contribution in [2.45, 2.75) is 4.90 Å². The van der Waals surface area contributed by atoms with E-state index in [1.807, 2.05) is 0 Å². The second kappa shape index (κ2) is 5.88. The van der Waals surface area contributed by atoms with Crippen LogP contribution >= 0.6 is 11.6 Å². The number of sulfonamides is 1. The maximum absolute atomic E-state index is 13.7. The molecule has 2 aromatic rings. The van der Waals surface area contributed by atoms with Gasteiger partial charge in [0.05, 0.1) is 11.3 Å². The Bertz CT molecular complexity index is 962. The van der Waals surface area contributed by atoms with Gasteiger partial charge >= 0.3 is 0 Å². The van der Waals surface area contributed by atoms with E-state index in [4.69, 9.17) is 11.6 Å². The third-order valence-electron chi connectivity index (χ3n) is 3.40. The van der Waals surface area contributed by atoms with Crippen LogP contribution in [0, 0.1) is 5.82 Å². The molecule has 0 aromatic heterocycles. The first-order valence-electron chi connectivity index (χ1n) is 6.72. The van der Waals surface area contributed by atoms with Crippen LogP contribution in [0.15, 0.2) is 47.4 Å². The summed E-state index contributed by atoms with van der Waals surface area (Å²) in [5.74, 6) is -2.41. The number of carbonyl (C=O) groups is 2. The van der Waals surface area contributed by atoms with Crippen molar-refractivity contribution in [3.05, 3.63) is 58.9 Å². The molecule has 0 atom stereocenters. The molecule has 1 aliphatic rings. The van der Waals surface area contributed by atoms with Gasteiger partial charge in [0.15, 0.2) is 0 Å². The van der Waals surface area contributed by atoms with E-state index in [-0.39, 0.29) is 21.2 Å². The van der Waals surface area contributed by atoms with Crippen LogP contribution in [0.4, 0.5) is 10.1 Å². The fraction of sp³-hybridized carbons (Fsp3) is 0.0667. The van der Waals surface area contributed by atoms with Crippen LogP contribution in [0.5, 0.6) is 0 Å². The fourth-order valence-electron chi connectivity index (χ4n) is 2.30. The topological polar surface area (TPSA) is 83.6 Å². The van der Waals surface area contributed by atoms with Gasteiger partial charge in [-0.25, -0.2) is 17.1 Å². The van der Waals surface area contributed by atoms with Crippen molar-refractivity contribution < 1.29 is 22.4 Å². The van der Waals surface area contributed by atoms with E-state index in [0.717, 1.165) is 6.07 Å². The van der Waals surface area contributed by atoms with Gasteiger partial charge in [-0.2, -0.15) is 0 Å². The highest BCUT2D eigenvalue weighted by atomic mass is 35.5. The Kier molecular flexibility index (Phi) is 4.02. The molecular weight excluding hydrogens is 359 g/mol. The van der Waals surface area contributed by atoms with E-state index in [0.29, 0.717) is 4.31 Å². The lowest BCUT2D eigenvalue weighted by atomic mass is 10.2. The maximum atomic E-state index is 13.7. The molecule has 0 saturated carbocycles. The molecule has 0 bridgehead atoms. The second-order valence-corrected chi connectivity index (χ2v) is 7.25. The predicted octanol–water partition coefficient (Wildman–Crippen LogP) is 2.26. The van der Waals surface area contributed by atoms with Crippen molar-refractivity contribution in [3.8, 4) is 0 Å². The zero-order valence-electron chi connectivity index (χ0n) is 12.0. The van der Waals surface area contributed by atoms with Crippen LogP contribution in [0.1, 0.15) is 10.4 Å². The lowest BCUT2D eigenvalue weighted by Gasteiger charge is -2.15. The predicted molar refractivity (Wildman–Crippen MR) is 84.7 cm³/mol. The van der Waals surface area contributed by atoms with Gasteiger partial charge in [-0.1, -0.05) is 23.7 Å². The van der Waals surface area contributed by atoms with Gasteiger partial charge < -0.3 is 5.32 Å². The van der Waals surface area contributed by atoms with Crippen LogP contribution in [0.25, 0.3) is 0 Å². The summed E-state index contributed by atoms with van der Waals surface area (Å²) in [7, 11) is -4.09. The summed E-state index contributed by atoms with van der Waals surface area (Å²) in [6.45, 7) is -0.752. The van der Waals surface area contributed by atoms with Crippen molar-refractivity contribution in [1.29, 1.82) is 0 Å². The van der Waals surface area contributed by atoms with E-state index >= 15 is 0 Å². The SMILES string of the molecule is O=C(CN1C(=O)c2ccccc2S1(=O)=O)Nc1ccc(Cl)cc1F. The smallest absolute Gasteiger partial charge is 0.269 e. The first-order chi connectivity index (χ1) is 11.3. The molecule has 124 valence electrons. The van der Waals surface area contributed by atoms with Gasteiger partial charge in [0, 0.05) is 5.02 Å². The molecule has 0 radical (unpaired) electrons. The summed E-state index contributed by atoms with van der Waals surface area (Å²) in [4.78, 5) is 24.1. The average molecular weight is 369 g/mol. The normalized spacial score (nSPS) is 15.2. The largest absolute Gasteiger partial charge is 0.322 e. The number of amides is 2. The van der Waals surface area contributed by atoms with E-state index in [2.05, 4.69) is 5.32 Å². The van der Waals surface area contributed by atoms with Crippen molar-refractivity contribution in [1.82, 2.24) is 4.31 Å². The first kappa shape index (κ1) is 16.4. The summed E-state index contributed by atoms with van der Waals surface area (Å²) < 4.78 is 38.8. The number of hydrogen-bond acceptors (Lipinski definition) is 4. The van der Waals surface area contributed by atoms with Crippen molar-refractivity contribution >= 4 is 39.1 Å². The minimum atomic E-state index is -4.09. The molecule has 24 heavy (non-hydrogen) atoms. The van der Waals surface area contributed by atoms with Crippen LogP contribution in [0.2, 0.25) is 5.02 Å². The number of halogens is 2. The molecule has 0 fully saturated rings. The molecule has 1 N–H and O–H groups in total. The van der Waals surface area contributed by atoms with Gasteiger partial charge in [0.25, 0.3) is 15.9 Å². The van der Waals surface area contributed by atoms with Crippen LogP contribution < -0.4 is 5.32 Å². The fourth-order valence-corrected chi connectivity index (χ4v) is 3.98. The van der Waals surface area contributed by atoms with Gasteiger partial charge in [0.1, 0.15) is 17.3 Å². The van der Waals surface area contributed by atoms with Crippen molar-refractivity contribution in [3.63, 3.8) is 0 Å². The minimum absolute atomic E-state index is 0.00275. The Morgan fingerprint density at radius 1 is 1.21 bits per heavy atom. The monoisotopic (exact) mass is 368 g/mol. The number of nitrogens with zero attached hydrogens (tertiary/aromatic N) is 1. The summed E-state index contributed by atoms with van der Waals surface area (Å²) in [6.07, 6.45) is 0. The summed E-state index contributed by atoms with van der Waals surface area (Å²) >= 11 is 5.61. The Hall–Kier alpha value is -2.45. The average Bonchev–Trinajstić information content (AvgIpc) is 2.72. The summed E-state index contributed by atoms with van der Waals surface area (Å²) in [6, 6.07) is 9.28. The zero-order valence-corrected chi connectivity index (χ0v) is 13.6. The molecule has 0 aliphatic carbocycles. The molecule has 0 unspecified atom stereocenters. The zero-order chi connectivity index (χ0) is 17.5. The molecule has 6 nitrogen and oxygen atoms in total. The molecule has 1 heterocycles. The number of nitrogens with one attached hydrogen (secondary N) is 1. The molecule has 0 spiro atoms. The van der Waals surface area contributed by atoms with E-state index in [1.165, 1.54) is 36.4 Å². The standard InChI is InChI=1S/C15H10ClFN2O4S/c16-9-5-6-12(11(17)7-9)18-14(20)8-19-15(21)10-3-1-2-4-13(10)24(19,22)23/h1-7H,8H2,(H,18,20). The first-order valence-corrected chi connectivity index (χ1v) is 8.53. The number of rotatable bonds is 3. The lowest BCUT2D eigenvalue weighted by molar-refractivity contribution is -0.116. The quantitative estimate of drug-likeness (QED) is 0.900. The van der Waals surface area contributed by atoms with Crippen LogP contribution in [-0.4, -0.2) is 31.1 Å². The molecule has 1 aliphatic heterocycles. The van der Waals surface area contributed by atoms with Gasteiger partial charge in [0.2, 0.25) is 5.91 Å². The van der Waals surface area contributed by atoms with Gasteiger partial charge in [-0.05, 0) is 30.3 Å². The molecular formula is C15H10ClFN2O4S. The second-order valence-electron chi connectivity index (χ2n) is 4.99. The van der Waals surface area contributed by atoms with Crippen LogP contribution in [-0.2, 0) is 14.8 Å². The number of benzene rings is 2. The molecule has 3 rings (SSSR count). The number of anilines is 1. The molecule has 2 aromatic carbocycles. The van der Waals surface area contributed by atoms with Crippen molar-refractivity contribution in [2.75, 3.05) is 11.9 Å². The third kappa shape index (κ3) is 2.74. The Balaban J connectivity index is 1.82. The van der Waals surface area contributed by atoms with Crippen molar-refractivity contribution in [2.24, 2.45) is 0 Å². The summed E-state index contributed by atoms with van der Waals surface area (Å²) in [5, 5.41) is 2.37. The maximum Gasteiger partial charge on any atom is 0.269 e. The van der Waals surface area contributed by atoms with Gasteiger partial charge in [-0.3, -0.25) is 9.59 Å². The highest BCUT2D eigenvalue weighted by Crippen LogP contribution is 2.29. The van der Waals surface area contributed by atoms with Crippen LogP contribution in [0.3, 0.4) is 0 Å². The Labute approximate surface area is 141 Å². The molecule has 2 amide bonds. The molecule has 9 heteroatoms. The number of carbonyl (C=O) groups excluding carboxylic acids is 2. The molecule has 0 saturated heterocycles. The number of fused-ring (bicyclic) bond motifs is 1. The minimum Gasteiger partial charge on any atom is -0.322 e. The highest BCUT2D eigenvalue weighted by molar-refractivity contribution is 7.90. The third-order valence-corrected chi connectivity index (χ3v) is 5.43. The van der Waals surface area contributed by atoms with E-state index in [1.54, 1.807) is 0 Å². The van der Waals surface area contributed by atoms with Gasteiger partial charge in [-0.15, -0.1) is 0 Å². The van der Waals surface area contributed by atoms with E-state index < -0.39 is 34.2 Å². The lowest BCUT2D eigenvalue weighted by Crippen LogP contribution is -2.37. The Morgan fingerprint density at radius 3 is 2.58 bits per heavy atom. The highest BCUT2D eigenvalue weighted by Gasteiger charge is 2.41. The summed E-state index contributed by atoms with van der Waals surface area (Å²) in [5.41, 5.74) is -0.158. The Morgan fingerprint density at radius 2 is 1.92 bits per heavy atom. The number of hydrogen-bond donors (Lipinski definition) is 1.